The van der Waals surface area contributed by atoms with Gasteiger partial charge in [0.2, 0.25) is 0 Å². The van der Waals surface area contributed by atoms with Crippen LogP contribution in [0.5, 0.6) is 0 Å². The average Bonchev–Trinajstić information content (AvgIpc) is 2.62. The molecule has 0 bridgehead atoms. The molecule has 1 aliphatic heterocycles. The highest BCUT2D eigenvalue weighted by Gasteiger charge is 2.58. The minimum Gasteiger partial charge on any atom is -0.323 e. The summed E-state index contributed by atoms with van der Waals surface area (Å²) in [6.07, 6.45) is 2.84. The average molecular weight is 268 g/mol. The minimum atomic E-state index is -0.857. The quantitative estimate of drug-likeness (QED) is 0.277. The van der Waals surface area contributed by atoms with Gasteiger partial charge in [-0.3, -0.25) is 19.9 Å². The van der Waals surface area contributed by atoms with Gasteiger partial charge in [-0.15, -0.1) is 0 Å². The number of carbonyl (C=O) groups excluding carboxylic acids is 3. The first-order valence-electron chi connectivity index (χ1n) is 6.57. The second-order valence-corrected chi connectivity index (χ2v) is 5.49. The first-order valence-corrected chi connectivity index (χ1v) is 6.57. The summed E-state index contributed by atoms with van der Waals surface area (Å²) in [6, 6.07) is -0.505. The number of hydrogen-bond donors (Lipinski definition) is 3. The molecule has 0 aromatic carbocycles. The van der Waals surface area contributed by atoms with Gasteiger partial charge in [-0.05, 0) is 24.7 Å². The number of nitrogens with one attached hydrogen (secondary N) is 2. The number of nitrogens with two attached hydrogens (primary N) is 1. The van der Waals surface area contributed by atoms with E-state index in [1.165, 1.54) is 0 Å². The van der Waals surface area contributed by atoms with Crippen molar-refractivity contribution in [2.24, 2.45) is 17.7 Å². The van der Waals surface area contributed by atoms with Crippen molar-refractivity contribution in [1.82, 2.24) is 15.6 Å². The van der Waals surface area contributed by atoms with Crippen LogP contribution in [0.4, 0.5) is 4.79 Å². The Balaban J connectivity index is 2.27. The summed E-state index contributed by atoms with van der Waals surface area (Å²) in [6.45, 7) is 3.61. The highest BCUT2D eigenvalue weighted by molar-refractivity contribution is 6.09. The normalized spacial score (nSPS) is 34.6. The Hall–Kier alpha value is -1.63. The fraction of sp³-hybridized carbons (Fsp3) is 0.750. The predicted octanol–water partition coefficient (Wildman–Crippen LogP) is -0.277. The molecule has 7 nitrogen and oxygen atoms in total. The van der Waals surface area contributed by atoms with Gasteiger partial charge in [-0.1, -0.05) is 20.3 Å². The van der Waals surface area contributed by atoms with Gasteiger partial charge in [-0.2, -0.15) is 0 Å². The van der Waals surface area contributed by atoms with E-state index < -0.39 is 17.5 Å². The SMILES string of the molecule is CC1CCCC(C)C12NC(=O)N(CC(=O)NN)C2=O. The molecule has 4 N–H and O–H groups in total. The number of hydrogen-bond acceptors (Lipinski definition) is 4. The largest absolute Gasteiger partial charge is 0.325 e. The fourth-order valence-electron chi connectivity index (χ4n) is 3.29. The van der Waals surface area contributed by atoms with Crippen molar-refractivity contribution in [2.75, 3.05) is 6.54 Å². The molecule has 1 saturated heterocycles. The molecule has 2 aliphatic rings. The maximum absolute atomic E-state index is 12.6. The molecule has 1 aliphatic carbocycles. The lowest BCUT2D eigenvalue weighted by molar-refractivity contribution is -0.139. The molecule has 2 rings (SSSR count). The van der Waals surface area contributed by atoms with Crippen LogP contribution < -0.4 is 16.6 Å². The van der Waals surface area contributed by atoms with Gasteiger partial charge in [-0.25, -0.2) is 10.6 Å². The van der Waals surface area contributed by atoms with Crippen molar-refractivity contribution in [2.45, 2.75) is 38.6 Å². The summed E-state index contributed by atoms with van der Waals surface area (Å²) in [4.78, 5) is 36.8. The van der Waals surface area contributed by atoms with Crippen LogP contribution in [0.25, 0.3) is 0 Å². The summed E-state index contributed by atoms with van der Waals surface area (Å²) in [7, 11) is 0. The first kappa shape index (κ1) is 13.8. The Bertz CT molecular complexity index is 413. The van der Waals surface area contributed by atoms with Gasteiger partial charge in [0.25, 0.3) is 11.8 Å². The smallest absolute Gasteiger partial charge is 0.323 e. The van der Waals surface area contributed by atoms with Crippen molar-refractivity contribution >= 4 is 17.8 Å². The van der Waals surface area contributed by atoms with Crippen LogP contribution in [-0.4, -0.2) is 34.8 Å². The number of carbonyl (C=O) groups is 3. The summed E-state index contributed by atoms with van der Waals surface area (Å²) in [5.41, 5.74) is 1.08. The Labute approximate surface area is 111 Å². The van der Waals surface area contributed by atoms with E-state index in [2.05, 4.69) is 5.32 Å². The van der Waals surface area contributed by atoms with Crippen LogP contribution in [0.2, 0.25) is 0 Å². The van der Waals surface area contributed by atoms with E-state index in [1.807, 2.05) is 19.3 Å². The van der Waals surface area contributed by atoms with Gasteiger partial charge in [0.15, 0.2) is 0 Å². The molecule has 2 atom stereocenters. The number of amides is 4. The molecule has 7 heteroatoms. The Morgan fingerprint density at radius 2 is 2.00 bits per heavy atom. The van der Waals surface area contributed by atoms with Gasteiger partial charge in [0, 0.05) is 0 Å². The maximum atomic E-state index is 12.6. The molecule has 2 fully saturated rings. The van der Waals surface area contributed by atoms with E-state index in [0.717, 1.165) is 24.2 Å². The van der Waals surface area contributed by atoms with Gasteiger partial charge < -0.3 is 5.32 Å². The molecule has 19 heavy (non-hydrogen) atoms. The lowest BCUT2D eigenvalue weighted by atomic mass is 9.67. The van der Waals surface area contributed by atoms with Crippen molar-refractivity contribution in [3.8, 4) is 0 Å². The van der Waals surface area contributed by atoms with Crippen molar-refractivity contribution in [3.63, 3.8) is 0 Å². The van der Waals surface area contributed by atoms with Crippen LogP contribution in [0.15, 0.2) is 0 Å². The number of rotatable bonds is 2. The van der Waals surface area contributed by atoms with Crippen LogP contribution in [0.3, 0.4) is 0 Å². The van der Waals surface area contributed by atoms with E-state index >= 15 is 0 Å². The second kappa shape index (κ2) is 4.80. The molecule has 1 heterocycles. The lowest BCUT2D eigenvalue weighted by Crippen LogP contribution is -2.59. The maximum Gasteiger partial charge on any atom is 0.325 e. The molecular formula is C12H20N4O3. The van der Waals surface area contributed by atoms with Crippen LogP contribution in [0.1, 0.15) is 33.1 Å². The molecule has 4 amide bonds. The molecule has 1 spiro atoms. The molecule has 1 saturated carbocycles. The number of imide groups is 1. The third-order valence-electron chi connectivity index (χ3n) is 4.45. The molecule has 2 unspecified atom stereocenters. The molecular weight excluding hydrogens is 248 g/mol. The van der Waals surface area contributed by atoms with Crippen molar-refractivity contribution in [1.29, 1.82) is 0 Å². The van der Waals surface area contributed by atoms with Crippen LogP contribution in [0, 0.1) is 11.8 Å². The van der Waals surface area contributed by atoms with Gasteiger partial charge in [0.05, 0.1) is 0 Å². The zero-order valence-corrected chi connectivity index (χ0v) is 11.2. The van der Waals surface area contributed by atoms with E-state index in [1.54, 1.807) is 0 Å². The van der Waals surface area contributed by atoms with E-state index in [9.17, 15) is 14.4 Å². The van der Waals surface area contributed by atoms with Gasteiger partial charge >= 0.3 is 6.03 Å². The zero-order chi connectivity index (χ0) is 14.2. The lowest BCUT2D eigenvalue weighted by Gasteiger charge is -2.42. The van der Waals surface area contributed by atoms with Gasteiger partial charge in [0.1, 0.15) is 12.1 Å². The summed E-state index contributed by atoms with van der Waals surface area (Å²) >= 11 is 0. The molecule has 0 aromatic heterocycles. The first-order chi connectivity index (χ1) is 8.93. The predicted molar refractivity (Wildman–Crippen MR) is 67.5 cm³/mol. The summed E-state index contributed by atoms with van der Waals surface area (Å²) in [5.74, 6) is 4.27. The minimum absolute atomic E-state index is 0.0682. The molecule has 0 radical (unpaired) electrons. The molecule has 106 valence electrons. The van der Waals surface area contributed by atoms with E-state index in [0.29, 0.717) is 0 Å². The Morgan fingerprint density at radius 1 is 1.42 bits per heavy atom. The Morgan fingerprint density at radius 3 is 2.53 bits per heavy atom. The molecule has 0 aromatic rings. The fourth-order valence-corrected chi connectivity index (χ4v) is 3.29. The summed E-state index contributed by atoms with van der Waals surface area (Å²) in [5, 5.41) is 2.81. The zero-order valence-electron chi connectivity index (χ0n) is 11.2. The summed E-state index contributed by atoms with van der Waals surface area (Å²) < 4.78 is 0. The monoisotopic (exact) mass is 268 g/mol. The third-order valence-corrected chi connectivity index (χ3v) is 4.45. The highest BCUT2D eigenvalue weighted by atomic mass is 16.2. The number of hydrazine groups is 1. The van der Waals surface area contributed by atoms with Crippen molar-refractivity contribution < 1.29 is 14.4 Å². The third kappa shape index (κ3) is 1.98. The standard InChI is InChI=1S/C12H20N4O3/c1-7-4-3-5-8(2)12(7)10(18)16(11(19)14-12)6-9(17)15-13/h7-8H,3-6,13H2,1-2H3,(H,14,19)(H,15,17). The number of urea groups is 1. The van der Waals surface area contributed by atoms with E-state index in [-0.39, 0.29) is 24.3 Å². The highest BCUT2D eigenvalue weighted by Crippen LogP contribution is 2.41. The second-order valence-electron chi connectivity index (χ2n) is 5.49. The topological polar surface area (TPSA) is 105 Å². The number of nitrogens with zero attached hydrogens (tertiary/aromatic N) is 1. The Kier molecular flexibility index (Phi) is 3.49. The van der Waals surface area contributed by atoms with Crippen LogP contribution >= 0.6 is 0 Å². The van der Waals surface area contributed by atoms with Crippen LogP contribution in [-0.2, 0) is 9.59 Å². The van der Waals surface area contributed by atoms with Crippen molar-refractivity contribution in [3.05, 3.63) is 0 Å². The van der Waals surface area contributed by atoms with E-state index in [4.69, 9.17) is 5.84 Å².